The smallest absolute Gasteiger partial charge is 0.312 e. The molecule has 0 heterocycles. The highest BCUT2D eigenvalue weighted by molar-refractivity contribution is 9.10. The highest BCUT2D eigenvalue weighted by atomic mass is 79.9. The van der Waals surface area contributed by atoms with Crippen molar-refractivity contribution in [2.24, 2.45) is 0 Å². The first-order valence-corrected chi connectivity index (χ1v) is 6.57. The van der Waals surface area contributed by atoms with E-state index in [4.69, 9.17) is 10.00 Å². The van der Waals surface area contributed by atoms with Crippen molar-refractivity contribution >= 4 is 21.6 Å². The van der Waals surface area contributed by atoms with Gasteiger partial charge < -0.3 is 4.74 Å². The van der Waals surface area contributed by atoms with Crippen molar-refractivity contribution in [2.75, 3.05) is 0 Å². The van der Waals surface area contributed by atoms with Crippen molar-refractivity contribution in [1.82, 2.24) is 0 Å². The molecule has 0 amide bonds. The summed E-state index contributed by atoms with van der Waals surface area (Å²) < 4.78 is 19.6. The van der Waals surface area contributed by atoms with Crippen LogP contribution in [0.3, 0.4) is 0 Å². The Morgan fingerprint density at radius 1 is 1.33 bits per heavy atom. The molecule has 0 saturated heterocycles. The molecule has 0 aliphatic rings. The monoisotopic (exact) mass is 350 g/mol. The molecule has 0 aliphatic carbocycles. The lowest BCUT2D eigenvalue weighted by Crippen LogP contribution is -2.02. The molecule has 0 radical (unpaired) electrons. The maximum absolute atomic E-state index is 13.9. The SMILES string of the molecule is N#Cc1cccc(COc2c(Br)cccc2[N+](=O)[O-])c1F. The zero-order valence-corrected chi connectivity index (χ0v) is 12.1. The van der Waals surface area contributed by atoms with Gasteiger partial charge in [0, 0.05) is 11.6 Å². The van der Waals surface area contributed by atoms with Crippen molar-refractivity contribution in [3.8, 4) is 11.8 Å². The molecule has 0 aliphatic heterocycles. The summed E-state index contributed by atoms with van der Waals surface area (Å²) in [7, 11) is 0. The number of benzene rings is 2. The Balaban J connectivity index is 2.30. The number of hydrogen-bond acceptors (Lipinski definition) is 4. The van der Waals surface area contributed by atoms with Crippen LogP contribution < -0.4 is 4.74 Å². The van der Waals surface area contributed by atoms with E-state index in [1.54, 1.807) is 12.1 Å². The van der Waals surface area contributed by atoms with E-state index in [9.17, 15) is 14.5 Å². The lowest BCUT2D eigenvalue weighted by Gasteiger charge is -2.09. The molecule has 7 heteroatoms. The maximum Gasteiger partial charge on any atom is 0.312 e. The minimum Gasteiger partial charge on any atom is -0.481 e. The average molecular weight is 351 g/mol. The largest absolute Gasteiger partial charge is 0.481 e. The number of rotatable bonds is 4. The van der Waals surface area contributed by atoms with Gasteiger partial charge in [-0.25, -0.2) is 4.39 Å². The molecule has 2 aromatic carbocycles. The van der Waals surface area contributed by atoms with Gasteiger partial charge in [0.2, 0.25) is 5.75 Å². The van der Waals surface area contributed by atoms with Crippen LogP contribution in [0.1, 0.15) is 11.1 Å². The quantitative estimate of drug-likeness (QED) is 0.617. The Kier molecular flexibility index (Phi) is 4.50. The van der Waals surface area contributed by atoms with Gasteiger partial charge in [0.1, 0.15) is 18.5 Å². The van der Waals surface area contributed by atoms with Gasteiger partial charge in [0.15, 0.2) is 0 Å². The first kappa shape index (κ1) is 14.9. The second-order valence-electron chi connectivity index (χ2n) is 4.02. The lowest BCUT2D eigenvalue weighted by molar-refractivity contribution is -0.386. The second-order valence-corrected chi connectivity index (χ2v) is 4.88. The number of halogens is 2. The number of hydrogen-bond donors (Lipinski definition) is 0. The Morgan fingerprint density at radius 3 is 2.71 bits per heavy atom. The molecule has 0 saturated carbocycles. The Morgan fingerprint density at radius 2 is 2.05 bits per heavy atom. The summed E-state index contributed by atoms with van der Waals surface area (Å²) in [6.45, 7) is -0.217. The first-order chi connectivity index (χ1) is 10.0. The summed E-state index contributed by atoms with van der Waals surface area (Å²) in [6.07, 6.45) is 0. The Bertz CT molecular complexity index is 743. The summed E-state index contributed by atoms with van der Waals surface area (Å²) in [4.78, 5) is 10.4. The van der Waals surface area contributed by atoms with Crippen molar-refractivity contribution in [3.05, 3.63) is 67.9 Å². The maximum atomic E-state index is 13.9. The zero-order chi connectivity index (χ0) is 15.4. The van der Waals surface area contributed by atoms with Gasteiger partial charge in [-0.1, -0.05) is 18.2 Å². The molecule has 106 valence electrons. The molecular weight excluding hydrogens is 343 g/mol. The zero-order valence-electron chi connectivity index (χ0n) is 10.5. The molecule has 2 aromatic rings. The van der Waals surface area contributed by atoms with Crippen LogP contribution in [-0.4, -0.2) is 4.92 Å². The highest BCUT2D eigenvalue weighted by Crippen LogP contribution is 2.35. The Labute approximate surface area is 127 Å². The molecule has 0 bridgehead atoms. The topological polar surface area (TPSA) is 76.2 Å². The normalized spacial score (nSPS) is 9.95. The molecule has 0 unspecified atom stereocenters. The standard InChI is InChI=1S/C14H8BrFN2O3/c15-11-5-2-6-12(18(19)20)14(11)21-8-10-4-1-3-9(7-17)13(10)16/h1-6H,8H2. The van der Waals surface area contributed by atoms with Gasteiger partial charge in [-0.2, -0.15) is 5.26 Å². The fraction of sp³-hybridized carbons (Fsp3) is 0.0714. The summed E-state index contributed by atoms with van der Waals surface area (Å²) in [5, 5.41) is 19.7. The highest BCUT2D eigenvalue weighted by Gasteiger charge is 2.18. The van der Waals surface area contributed by atoms with Gasteiger partial charge in [0.05, 0.1) is 15.0 Å². The second kappa shape index (κ2) is 6.33. The van der Waals surface area contributed by atoms with Crippen LogP contribution in [0, 0.1) is 27.3 Å². The van der Waals surface area contributed by atoms with Crippen LogP contribution in [0.4, 0.5) is 10.1 Å². The molecule has 0 fully saturated rings. The summed E-state index contributed by atoms with van der Waals surface area (Å²) in [6, 6.07) is 10.4. The number of nitro benzene ring substituents is 1. The summed E-state index contributed by atoms with van der Waals surface area (Å²) >= 11 is 3.16. The van der Waals surface area contributed by atoms with E-state index in [0.717, 1.165) is 0 Å². The van der Waals surface area contributed by atoms with Gasteiger partial charge >= 0.3 is 5.69 Å². The lowest BCUT2D eigenvalue weighted by atomic mass is 10.1. The van der Waals surface area contributed by atoms with E-state index in [-0.39, 0.29) is 29.2 Å². The van der Waals surface area contributed by atoms with E-state index in [0.29, 0.717) is 4.47 Å². The molecule has 0 atom stereocenters. The van der Waals surface area contributed by atoms with Gasteiger partial charge in [0.25, 0.3) is 0 Å². The number of nitro groups is 1. The average Bonchev–Trinajstić information content (AvgIpc) is 2.47. The molecular formula is C14H8BrFN2O3. The van der Waals surface area contributed by atoms with Crippen molar-refractivity contribution in [1.29, 1.82) is 5.26 Å². The van der Waals surface area contributed by atoms with E-state index >= 15 is 0 Å². The Hall–Kier alpha value is -2.46. The van der Waals surface area contributed by atoms with Crippen LogP contribution in [0.2, 0.25) is 0 Å². The van der Waals surface area contributed by atoms with Crippen LogP contribution in [0.5, 0.6) is 5.75 Å². The van der Waals surface area contributed by atoms with Crippen LogP contribution in [-0.2, 0) is 6.61 Å². The summed E-state index contributed by atoms with van der Waals surface area (Å²) in [5.74, 6) is -0.668. The molecule has 5 nitrogen and oxygen atoms in total. The minimum atomic E-state index is -0.685. The van der Waals surface area contributed by atoms with Crippen molar-refractivity contribution in [3.63, 3.8) is 0 Å². The van der Waals surface area contributed by atoms with Crippen LogP contribution in [0.15, 0.2) is 40.9 Å². The number of ether oxygens (including phenoxy) is 1. The molecule has 0 N–H and O–H groups in total. The number of nitriles is 1. The van der Waals surface area contributed by atoms with Crippen LogP contribution in [0.25, 0.3) is 0 Å². The third kappa shape index (κ3) is 3.17. The predicted octanol–water partition coefficient (Wildman–Crippen LogP) is 3.95. The van der Waals surface area contributed by atoms with Gasteiger partial charge in [-0.05, 0) is 28.1 Å². The van der Waals surface area contributed by atoms with Gasteiger partial charge in [-0.3, -0.25) is 10.1 Å². The van der Waals surface area contributed by atoms with Crippen molar-refractivity contribution < 1.29 is 14.1 Å². The van der Waals surface area contributed by atoms with E-state index < -0.39 is 10.7 Å². The fourth-order valence-electron chi connectivity index (χ4n) is 1.71. The number of nitrogens with zero attached hydrogens (tertiary/aromatic N) is 2. The van der Waals surface area contributed by atoms with E-state index in [1.807, 2.05) is 0 Å². The van der Waals surface area contributed by atoms with Crippen LogP contribution >= 0.6 is 15.9 Å². The third-order valence-corrected chi connectivity index (χ3v) is 3.34. The predicted molar refractivity (Wildman–Crippen MR) is 76.2 cm³/mol. The minimum absolute atomic E-state index is 0.0178. The van der Waals surface area contributed by atoms with Gasteiger partial charge in [-0.15, -0.1) is 0 Å². The number of para-hydroxylation sites is 1. The first-order valence-electron chi connectivity index (χ1n) is 5.77. The van der Waals surface area contributed by atoms with E-state index in [2.05, 4.69) is 15.9 Å². The van der Waals surface area contributed by atoms with Crippen molar-refractivity contribution in [2.45, 2.75) is 6.61 Å². The molecule has 0 spiro atoms. The molecule has 21 heavy (non-hydrogen) atoms. The molecule has 2 rings (SSSR count). The molecule has 0 aromatic heterocycles. The third-order valence-electron chi connectivity index (χ3n) is 2.71. The fourth-order valence-corrected chi connectivity index (χ4v) is 2.18. The van der Waals surface area contributed by atoms with E-state index in [1.165, 1.54) is 30.3 Å². The summed E-state index contributed by atoms with van der Waals surface area (Å²) in [5.41, 5.74) is -0.168.